The van der Waals surface area contributed by atoms with Gasteiger partial charge in [0.25, 0.3) is 0 Å². The standard InChI is InChI=1S/C18H23N3O3/c1-21-12-15(11-20-21)17-14(5-6-23-17)10-19-9-13-3-2-4-16-18(13)24-8-7-22-16/h2-4,11-12,14,17,19H,5-10H2,1H3/t14-,17+/m1/s1. The molecule has 2 aliphatic rings. The zero-order valence-electron chi connectivity index (χ0n) is 13.9. The van der Waals surface area contributed by atoms with Gasteiger partial charge in [0, 0.05) is 50.0 Å². The Balaban J connectivity index is 1.37. The van der Waals surface area contributed by atoms with Crippen LogP contribution in [0.2, 0.25) is 0 Å². The van der Waals surface area contributed by atoms with Gasteiger partial charge < -0.3 is 19.5 Å². The van der Waals surface area contributed by atoms with Crippen LogP contribution in [-0.2, 0) is 18.3 Å². The smallest absolute Gasteiger partial charge is 0.165 e. The quantitative estimate of drug-likeness (QED) is 0.910. The molecule has 1 aromatic carbocycles. The van der Waals surface area contributed by atoms with E-state index in [-0.39, 0.29) is 6.10 Å². The average Bonchev–Trinajstić information content (AvgIpc) is 3.24. The van der Waals surface area contributed by atoms with Crippen LogP contribution in [0.15, 0.2) is 30.6 Å². The third-order valence-corrected chi connectivity index (χ3v) is 4.64. The van der Waals surface area contributed by atoms with E-state index in [2.05, 4.69) is 16.5 Å². The zero-order valence-corrected chi connectivity index (χ0v) is 13.9. The van der Waals surface area contributed by atoms with Crippen LogP contribution < -0.4 is 14.8 Å². The molecule has 24 heavy (non-hydrogen) atoms. The van der Waals surface area contributed by atoms with E-state index in [0.29, 0.717) is 19.1 Å². The van der Waals surface area contributed by atoms with Gasteiger partial charge in [0.15, 0.2) is 11.5 Å². The minimum atomic E-state index is 0.135. The number of fused-ring (bicyclic) bond motifs is 1. The van der Waals surface area contributed by atoms with E-state index >= 15 is 0 Å². The second-order valence-electron chi connectivity index (χ2n) is 6.36. The van der Waals surface area contributed by atoms with Gasteiger partial charge in [0.1, 0.15) is 13.2 Å². The Morgan fingerprint density at radius 3 is 3.04 bits per heavy atom. The van der Waals surface area contributed by atoms with Crippen LogP contribution in [0.5, 0.6) is 11.5 Å². The first kappa shape index (κ1) is 15.5. The van der Waals surface area contributed by atoms with Crippen LogP contribution in [0.1, 0.15) is 23.7 Å². The van der Waals surface area contributed by atoms with Gasteiger partial charge in [-0.05, 0) is 12.5 Å². The van der Waals surface area contributed by atoms with Crippen LogP contribution in [0.25, 0.3) is 0 Å². The van der Waals surface area contributed by atoms with Gasteiger partial charge in [-0.1, -0.05) is 12.1 Å². The number of nitrogens with zero attached hydrogens (tertiary/aromatic N) is 2. The molecule has 0 bridgehead atoms. The molecule has 1 saturated heterocycles. The second-order valence-corrected chi connectivity index (χ2v) is 6.36. The molecule has 128 valence electrons. The Hall–Kier alpha value is -2.05. The third kappa shape index (κ3) is 3.12. The maximum absolute atomic E-state index is 5.92. The number of nitrogens with one attached hydrogen (secondary N) is 1. The molecule has 4 rings (SSSR count). The molecule has 1 N–H and O–H groups in total. The van der Waals surface area contributed by atoms with Gasteiger partial charge in [-0.3, -0.25) is 4.68 Å². The van der Waals surface area contributed by atoms with Gasteiger partial charge >= 0.3 is 0 Å². The zero-order chi connectivity index (χ0) is 16.4. The fourth-order valence-electron chi connectivity index (χ4n) is 3.46. The Labute approximate surface area is 141 Å². The van der Waals surface area contributed by atoms with Gasteiger partial charge in [0.05, 0.1) is 12.3 Å². The molecule has 6 nitrogen and oxygen atoms in total. The number of hydrogen-bond acceptors (Lipinski definition) is 5. The van der Waals surface area contributed by atoms with Gasteiger partial charge in [-0.2, -0.15) is 5.10 Å². The van der Waals surface area contributed by atoms with E-state index in [9.17, 15) is 0 Å². The van der Waals surface area contributed by atoms with Gasteiger partial charge in [-0.25, -0.2) is 0 Å². The van der Waals surface area contributed by atoms with Crippen LogP contribution in [0.3, 0.4) is 0 Å². The first-order chi connectivity index (χ1) is 11.8. The lowest BCUT2D eigenvalue weighted by Crippen LogP contribution is -2.25. The van der Waals surface area contributed by atoms with Crippen LogP contribution >= 0.6 is 0 Å². The molecule has 0 radical (unpaired) electrons. The topological polar surface area (TPSA) is 57.5 Å². The minimum Gasteiger partial charge on any atom is -0.486 e. The lowest BCUT2D eigenvalue weighted by molar-refractivity contribution is 0.0903. The molecule has 2 atom stereocenters. The van der Waals surface area contributed by atoms with E-state index < -0.39 is 0 Å². The SMILES string of the molecule is Cn1cc([C@H]2OCC[C@@H]2CNCc2cccc3c2OCCO3)cn1. The van der Waals surface area contributed by atoms with E-state index in [1.54, 1.807) is 0 Å². The van der Waals surface area contributed by atoms with Crippen molar-refractivity contribution in [3.8, 4) is 11.5 Å². The van der Waals surface area contributed by atoms with Crippen molar-refractivity contribution in [2.45, 2.75) is 19.1 Å². The normalized spacial score (nSPS) is 22.7. The Kier molecular flexibility index (Phi) is 4.40. The molecule has 0 unspecified atom stereocenters. The number of ether oxygens (including phenoxy) is 3. The molecular weight excluding hydrogens is 306 g/mol. The van der Waals surface area contributed by atoms with Crippen molar-refractivity contribution in [3.63, 3.8) is 0 Å². The van der Waals surface area contributed by atoms with Crippen LogP contribution in [-0.4, -0.2) is 36.1 Å². The molecule has 2 aromatic rings. The maximum atomic E-state index is 5.92. The molecule has 3 heterocycles. The lowest BCUT2D eigenvalue weighted by atomic mass is 9.97. The first-order valence-corrected chi connectivity index (χ1v) is 8.49. The van der Waals surface area contributed by atoms with Crippen LogP contribution in [0, 0.1) is 5.92 Å². The van der Waals surface area contributed by atoms with Crippen molar-refractivity contribution in [1.29, 1.82) is 0 Å². The largest absolute Gasteiger partial charge is 0.486 e. The number of para-hydroxylation sites is 1. The van der Waals surface area contributed by atoms with Crippen molar-refractivity contribution < 1.29 is 14.2 Å². The summed E-state index contributed by atoms with van der Waals surface area (Å²) in [5.74, 6) is 2.19. The summed E-state index contributed by atoms with van der Waals surface area (Å²) in [7, 11) is 1.94. The third-order valence-electron chi connectivity index (χ3n) is 4.64. The van der Waals surface area contributed by atoms with Gasteiger partial charge in [0.2, 0.25) is 0 Å². The van der Waals surface area contributed by atoms with Crippen molar-refractivity contribution in [1.82, 2.24) is 15.1 Å². The van der Waals surface area contributed by atoms with Crippen molar-refractivity contribution in [2.75, 3.05) is 26.4 Å². The highest BCUT2D eigenvalue weighted by atomic mass is 16.6. The molecule has 2 aliphatic heterocycles. The molecule has 6 heteroatoms. The summed E-state index contributed by atoms with van der Waals surface area (Å²) in [5, 5.41) is 7.82. The summed E-state index contributed by atoms with van der Waals surface area (Å²) in [6, 6.07) is 6.06. The Bertz CT molecular complexity index is 701. The molecule has 1 fully saturated rings. The number of rotatable bonds is 5. The van der Waals surface area contributed by atoms with E-state index in [1.165, 1.54) is 0 Å². The number of hydrogen-bond donors (Lipinski definition) is 1. The second kappa shape index (κ2) is 6.83. The number of aryl methyl sites for hydroxylation is 1. The van der Waals surface area contributed by atoms with Crippen molar-refractivity contribution in [2.24, 2.45) is 13.0 Å². The Morgan fingerprint density at radius 1 is 1.25 bits per heavy atom. The highest BCUT2D eigenvalue weighted by molar-refractivity contribution is 5.47. The molecule has 0 amide bonds. The number of benzene rings is 1. The summed E-state index contributed by atoms with van der Waals surface area (Å²) in [6.45, 7) is 3.72. The highest BCUT2D eigenvalue weighted by Gasteiger charge is 2.30. The van der Waals surface area contributed by atoms with E-state index in [0.717, 1.165) is 48.7 Å². The molecule has 1 aromatic heterocycles. The van der Waals surface area contributed by atoms with Crippen molar-refractivity contribution >= 4 is 0 Å². The summed E-state index contributed by atoms with van der Waals surface area (Å²) >= 11 is 0. The van der Waals surface area contributed by atoms with Gasteiger partial charge in [-0.15, -0.1) is 0 Å². The summed E-state index contributed by atoms with van der Waals surface area (Å²) in [5.41, 5.74) is 2.31. The molecule has 0 spiro atoms. The summed E-state index contributed by atoms with van der Waals surface area (Å²) < 4.78 is 19.2. The van der Waals surface area contributed by atoms with Crippen molar-refractivity contribution in [3.05, 3.63) is 41.7 Å². The monoisotopic (exact) mass is 329 g/mol. The highest BCUT2D eigenvalue weighted by Crippen LogP contribution is 2.35. The van der Waals surface area contributed by atoms with E-state index in [4.69, 9.17) is 14.2 Å². The fraction of sp³-hybridized carbons (Fsp3) is 0.500. The van der Waals surface area contributed by atoms with Crippen LogP contribution in [0.4, 0.5) is 0 Å². The summed E-state index contributed by atoms with van der Waals surface area (Å²) in [6.07, 6.45) is 5.15. The number of aromatic nitrogens is 2. The predicted molar refractivity (Wildman–Crippen MR) is 89.1 cm³/mol. The average molecular weight is 329 g/mol. The lowest BCUT2D eigenvalue weighted by Gasteiger charge is -2.22. The fourth-order valence-corrected chi connectivity index (χ4v) is 3.46. The predicted octanol–water partition coefficient (Wildman–Crippen LogP) is 2.06. The minimum absolute atomic E-state index is 0.135. The Morgan fingerprint density at radius 2 is 2.17 bits per heavy atom. The molecular formula is C18H23N3O3. The molecule has 0 saturated carbocycles. The summed E-state index contributed by atoms with van der Waals surface area (Å²) in [4.78, 5) is 0. The molecule has 0 aliphatic carbocycles. The maximum Gasteiger partial charge on any atom is 0.165 e. The van der Waals surface area contributed by atoms with E-state index in [1.807, 2.05) is 36.3 Å². The first-order valence-electron chi connectivity index (χ1n) is 8.49.